The Morgan fingerprint density at radius 2 is 1.52 bits per heavy atom. The Hall–Kier alpha value is -3.60. The normalized spacial score (nSPS) is 19.8. The molecule has 4 aromatic carbocycles. The molecule has 0 aromatic heterocycles. The number of rotatable bonds is 5. The van der Waals surface area contributed by atoms with E-state index in [1.807, 2.05) is 6.92 Å². The van der Waals surface area contributed by atoms with Gasteiger partial charge in [-0.2, -0.15) is 0 Å². The Morgan fingerprint density at radius 3 is 2.17 bits per heavy atom. The highest BCUT2D eigenvalue weighted by atomic mass is 16.5. The summed E-state index contributed by atoms with van der Waals surface area (Å²) in [6.45, 7) is 11.9. The van der Waals surface area contributed by atoms with Gasteiger partial charge < -0.3 is 19.5 Å². The zero-order valence-electron chi connectivity index (χ0n) is 24.0. The topological polar surface area (TPSA) is 41.9 Å². The van der Waals surface area contributed by atoms with E-state index in [1.54, 1.807) is 0 Å². The summed E-state index contributed by atoms with van der Waals surface area (Å²) >= 11 is 0. The molecule has 2 unspecified atom stereocenters. The zero-order chi connectivity index (χ0) is 27.9. The van der Waals surface area contributed by atoms with E-state index in [1.165, 1.54) is 5.69 Å². The van der Waals surface area contributed by atoms with Gasteiger partial charge in [0.25, 0.3) is 0 Å². The number of morpholine rings is 1. The van der Waals surface area contributed by atoms with Crippen LogP contribution in [0.3, 0.4) is 0 Å². The summed E-state index contributed by atoms with van der Waals surface area (Å²) in [5.74, 6) is 0.901. The SMILES string of the molecule is CC(O)Cc1c(-c2ccc(N3CCOCC3)cc2)c2c(c3ccccc13)OC(c1ccccc1)(C(C)(C)C)C=C2. The van der Waals surface area contributed by atoms with Crippen molar-refractivity contribution in [3.63, 3.8) is 0 Å². The van der Waals surface area contributed by atoms with Crippen molar-refractivity contribution in [2.75, 3.05) is 31.2 Å². The second-order valence-electron chi connectivity index (χ2n) is 12.1. The second kappa shape index (κ2) is 10.4. The monoisotopic (exact) mass is 533 g/mol. The number of aliphatic hydroxyl groups excluding tert-OH is 1. The van der Waals surface area contributed by atoms with Crippen molar-refractivity contribution in [2.45, 2.75) is 45.8 Å². The molecule has 2 atom stereocenters. The van der Waals surface area contributed by atoms with Gasteiger partial charge in [-0.05, 0) is 59.2 Å². The van der Waals surface area contributed by atoms with Gasteiger partial charge in [-0.25, -0.2) is 0 Å². The van der Waals surface area contributed by atoms with Crippen LogP contribution in [0.25, 0.3) is 28.0 Å². The maximum Gasteiger partial charge on any atom is 0.157 e. The molecule has 2 aliphatic rings. The third-order valence-corrected chi connectivity index (χ3v) is 8.41. The Bertz CT molecular complexity index is 1530. The molecule has 0 aliphatic carbocycles. The van der Waals surface area contributed by atoms with Gasteiger partial charge in [0.1, 0.15) is 5.75 Å². The first-order chi connectivity index (χ1) is 19.3. The molecule has 0 bridgehead atoms. The van der Waals surface area contributed by atoms with Crippen LogP contribution in [0.1, 0.15) is 44.4 Å². The van der Waals surface area contributed by atoms with Crippen LogP contribution < -0.4 is 9.64 Å². The van der Waals surface area contributed by atoms with E-state index >= 15 is 0 Å². The Balaban J connectivity index is 1.58. The van der Waals surface area contributed by atoms with Crippen molar-refractivity contribution < 1.29 is 14.6 Å². The molecule has 4 aromatic rings. The van der Waals surface area contributed by atoms with Crippen molar-refractivity contribution in [1.29, 1.82) is 0 Å². The van der Waals surface area contributed by atoms with E-state index in [4.69, 9.17) is 9.47 Å². The third kappa shape index (κ3) is 4.59. The predicted molar refractivity (Wildman–Crippen MR) is 165 cm³/mol. The first kappa shape index (κ1) is 26.6. The highest BCUT2D eigenvalue weighted by molar-refractivity contribution is 6.02. The molecule has 4 nitrogen and oxygen atoms in total. The van der Waals surface area contributed by atoms with Crippen molar-refractivity contribution in [3.8, 4) is 16.9 Å². The van der Waals surface area contributed by atoms with Crippen LogP contribution in [0, 0.1) is 5.41 Å². The van der Waals surface area contributed by atoms with Crippen molar-refractivity contribution in [3.05, 3.63) is 102 Å². The number of fused-ring (bicyclic) bond motifs is 3. The molecule has 6 rings (SSSR count). The molecule has 0 amide bonds. The van der Waals surface area contributed by atoms with Crippen LogP contribution in [0.2, 0.25) is 0 Å². The highest BCUT2D eigenvalue weighted by Gasteiger charge is 2.46. The van der Waals surface area contributed by atoms with Gasteiger partial charge in [-0.3, -0.25) is 0 Å². The maximum atomic E-state index is 10.6. The van der Waals surface area contributed by atoms with E-state index in [2.05, 4.69) is 117 Å². The van der Waals surface area contributed by atoms with Gasteiger partial charge in [-0.15, -0.1) is 0 Å². The smallest absolute Gasteiger partial charge is 0.157 e. The van der Waals surface area contributed by atoms with Crippen LogP contribution >= 0.6 is 0 Å². The Morgan fingerprint density at radius 1 is 0.875 bits per heavy atom. The number of anilines is 1. The fraction of sp³-hybridized carbons (Fsp3) is 0.333. The van der Waals surface area contributed by atoms with E-state index in [0.717, 1.165) is 70.6 Å². The largest absolute Gasteiger partial charge is 0.477 e. The lowest BCUT2D eigenvalue weighted by molar-refractivity contribution is 0.00639. The summed E-state index contributed by atoms with van der Waals surface area (Å²) in [6.07, 6.45) is 4.60. The number of aliphatic hydroxyl groups is 1. The quantitative estimate of drug-likeness (QED) is 0.287. The van der Waals surface area contributed by atoms with Gasteiger partial charge >= 0.3 is 0 Å². The second-order valence-corrected chi connectivity index (χ2v) is 12.1. The van der Waals surface area contributed by atoms with E-state index in [-0.39, 0.29) is 5.41 Å². The number of hydrogen-bond donors (Lipinski definition) is 1. The maximum absolute atomic E-state index is 10.6. The minimum absolute atomic E-state index is 0.206. The summed E-state index contributed by atoms with van der Waals surface area (Å²) in [5.41, 5.74) is 6.00. The zero-order valence-corrected chi connectivity index (χ0v) is 24.0. The van der Waals surface area contributed by atoms with Crippen LogP contribution in [0.5, 0.6) is 5.75 Å². The van der Waals surface area contributed by atoms with Gasteiger partial charge in [0.2, 0.25) is 0 Å². The third-order valence-electron chi connectivity index (χ3n) is 8.41. The Kier molecular flexibility index (Phi) is 6.93. The lowest BCUT2D eigenvalue weighted by Crippen LogP contribution is -2.45. The van der Waals surface area contributed by atoms with Crippen LogP contribution in [0.15, 0.2) is 84.9 Å². The number of benzene rings is 4. The summed E-state index contributed by atoms with van der Waals surface area (Å²) in [4.78, 5) is 2.38. The predicted octanol–water partition coefficient (Wildman–Crippen LogP) is 7.61. The summed E-state index contributed by atoms with van der Waals surface area (Å²) in [5, 5.41) is 12.8. The van der Waals surface area contributed by atoms with Gasteiger partial charge in [-0.1, -0.05) is 93.6 Å². The Labute approximate surface area is 237 Å². The average molecular weight is 534 g/mol. The van der Waals surface area contributed by atoms with Gasteiger partial charge in [0, 0.05) is 35.1 Å². The van der Waals surface area contributed by atoms with E-state index in [9.17, 15) is 5.11 Å². The molecule has 1 fully saturated rings. The van der Waals surface area contributed by atoms with Crippen molar-refractivity contribution in [1.82, 2.24) is 0 Å². The van der Waals surface area contributed by atoms with Crippen molar-refractivity contribution in [2.24, 2.45) is 5.41 Å². The number of ether oxygens (including phenoxy) is 2. The van der Waals surface area contributed by atoms with Gasteiger partial charge in [0.05, 0.1) is 19.3 Å². The molecule has 2 heterocycles. The average Bonchev–Trinajstić information content (AvgIpc) is 2.97. The molecule has 4 heteroatoms. The molecular weight excluding hydrogens is 494 g/mol. The fourth-order valence-corrected chi connectivity index (χ4v) is 6.34. The molecule has 40 heavy (non-hydrogen) atoms. The minimum atomic E-state index is -0.632. The number of hydrogen-bond acceptors (Lipinski definition) is 4. The summed E-state index contributed by atoms with van der Waals surface area (Å²) in [7, 11) is 0. The van der Waals surface area contributed by atoms with E-state index < -0.39 is 11.7 Å². The number of nitrogens with zero attached hydrogens (tertiary/aromatic N) is 1. The summed E-state index contributed by atoms with van der Waals surface area (Å²) < 4.78 is 12.8. The highest BCUT2D eigenvalue weighted by Crippen LogP contribution is 2.53. The van der Waals surface area contributed by atoms with Crippen LogP contribution in [-0.4, -0.2) is 37.5 Å². The molecule has 1 N–H and O–H groups in total. The molecule has 0 saturated carbocycles. The van der Waals surface area contributed by atoms with Crippen LogP contribution in [-0.2, 0) is 16.8 Å². The minimum Gasteiger partial charge on any atom is -0.477 e. The first-order valence-electron chi connectivity index (χ1n) is 14.4. The molecular formula is C36H39NO3. The summed E-state index contributed by atoms with van der Waals surface area (Å²) in [6, 6.07) is 27.9. The molecule has 0 spiro atoms. The fourth-order valence-electron chi connectivity index (χ4n) is 6.34. The van der Waals surface area contributed by atoms with Crippen molar-refractivity contribution >= 4 is 22.5 Å². The van der Waals surface area contributed by atoms with E-state index in [0.29, 0.717) is 6.42 Å². The molecule has 1 saturated heterocycles. The lowest BCUT2D eigenvalue weighted by atomic mass is 9.70. The lowest BCUT2D eigenvalue weighted by Gasteiger charge is -2.46. The van der Waals surface area contributed by atoms with Crippen LogP contribution in [0.4, 0.5) is 5.69 Å². The molecule has 0 radical (unpaired) electrons. The first-order valence-corrected chi connectivity index (χ1v) is 14.4. The van der Waals surface area contributed by atoms with Gasteiger partial charge in [0.15, 0.2) is 5.60 Å². The molecule has 206 valence electrons. The molecule has 2 aliphatic heterocycles. The standard InChI is InChI=1S/C36H39NO3/c1-25(38)24-32-29-12-8-9-13-30(29)34-31(18-19-36(40-34,35(2,3)4)27-10-6-5-7-11-27)33(32)26-14-16-28(17-15-26)37-20-22-39-23-21-37/h5-19,25,38H,20-24H2,1-4H3.